The van der Waals surface area contributed by atoms with E-state index >= 15 is 0 Å². The number of benzene rings is 1. The number of nitrogens with zero attached hydrogens (tertiary/aromatic N) is 1. The Hall–Kier alpha value is -2.03. The molecule has 1 aromatic heterocycles. The smallest absolute Gasteiger partial charge is 0.213 e. The lowest BCUT2D eigenvalue weighted by Gasteiger charge is -2.19. The Kier molecular flexibility index (Phi) is 4.99. The van der Waals surface area contributed by atoms with Crippen LogP contribution in [0, 0.1) is 0 Å². The van der Waals surface area contributed by atoms with Gasteiger partial charge in [-0.05, 0) is 30.0 Å². The molecular formula is C17H22N2O. The van der Waals surface area contributed by atoms with Crippen molar-refractivity contribution < 1.29 is 4.74 Å². The average molecular weight is 270 g/mol. The van der Waals surface area contributed by atoms with Gasteiger partial charge in [-0.3, -0.25) is 0 Å². The van der Waals surface area contributed by atoms with Gasteiger partial charge >= 0.3 is 0 Å². The molecule has 1 atom stereocenters. The van der Waals surface area contributed by atoms with E-state index in [1.165, 1.54) is 11.1 Å². The largest absolute Gasteiger partial charge is 0.481 e. The first-order valence-electron chi connectivity index (χ1n) is 7.12. The maximum atomic E-state index is 5.07. The third-order valence-electron chi connectivity index (χ3n) is 3.48. The van der Waals surface area contributed by atoms with Crippen LogP contribution in [0.1, 0.15) is 37.4 Å². The van der Waals surface area contributed by atoms with Crippen LogP contribution in [0.4, 0.5) is 5.69 Å². The Balaban J connectivity index is 2.10. The van der Waals surface area contributed by atoms with Crippen molar-refractivity contribution in [2.24, 2.45) is 0 Å². The second kappa shape index (κ2) is 6.94. The second-order valence-electron chi connectivity index (χ2n) is 4.79. The molecule has 20 heavy (non-hydrogen) atoms. The van der Waals surface area contributed by atoms with Crippen LogP contribution in [-0.4, -0.2) is 12.1 Å². The summed E-state index contributed by atoms with van der Waals surface area (Å²) < 4.78 is 5.07. The number of aryl methyl sites for hydroxylation is 1. The Labute approximate surface area is 121 Å². The predicted molar refractivity (Wildman–Crippen MR) is 83.3 cm³/mol. The van der Waals surface area contributed by atoms with Crippen LogP contribution in [0.2, 0.25) is 0 Å². The second-order valence-corrected chi connectivity index (χ2v) is 4.79. The summed E-state index contributed by atoms with van der Waals surface area (Å²) in [6, 6.07) is 13.0. The van der Waals surface area contributed by atoms with Crippen LogP contribution in [0.5, 0.6) is 5.88 Å². The number of nitrogens with one attached hydrogen (secondary N) is 1. The minimum atomic E-state index is 0.302. The molecule has 1 heterocycles. The van der Waals surface area contributed by atoms with E-state index in [2.05, 4.69) is 48.4 Å². The molecule has 2 rings (SSSR count). The quantitative estimate of drug-likeness (QED) is 0.853. The molecule has 0 saturated heterocycles. The molecule has 0 aliphatic rings. The third-order valence-corrected chi connectivity index (χ3v) is 3.48. The first-order chi connectivity index (χ1) is 9.76. The molecule has 0 aliphatic carbocycles. The lowest BCUT2D eigenvalue weighted by Crippen LogP contribution is -2.10. The van der Waals surface area contributed by atoms with Crippen molar-refractivity contribution in [1.29, 1.82) is 0 Å². The van der Waals surface area contributed by atoms with E-state index < -0.39 is 0 Å². The van der Waals surface area contributed by atoms with Crippen LogP contribution in [-0.2, 0) is 6.42 Å². The van der Waals surface area contributed by atoms with E-state index in [0.717, 1.165) is 18.5 Å². The Morgan fingerprint density at radius 2 is 1.85 bits per heavy atom. The molecule has 0 aliphatic heterocycles. The van der Waals surface area contributed by atoms with E-state index in [9.17, 15) is 0 Å². The molecule has 1 aromatic carbocycles. The van der Waals surface area contributed by atoms with Crippen LogP contribution >= 0.6 is 0 Å². The Morgan fingerprint density at radius 3 is 2.35 bits per heavy atom. The topological polar surface area (TPSA) is 34.1 Å². The molecule has 1 unspecified atom stereocenters. The maximum absolute atomic E-state index is 5.07. The molecule has 3 nitrogen and oxygen atoms in total. The number of hydrogen-bond acceptors (Lipinski definition) is 3. The van der Waals surface area contributed by atoms with Gasteiger partial charge in [-0.15, -0.1) is 0 Å². The fourth-order valence-corrected chi connectivity index (χ4v) is 2.19. The van der Waals surface area contributed by atoms with Gasteiger partial charge in [0.15, 0.2) is 0 Å². The van der Waals surface area contributed by atoms with Gasteiger partial charge in [0.05, 0.1) is 25.0 Å². The zero-order chi connectivity index (χ0) is 14.4. The van der Waals surface area contributed by atoms with E-state index in [-0.39, 0.29) is 0 Å². The average Bonchev–Trinajstić information content (AvgIpc) is 2.53. The van der Waals surface area contributed by atoms with Gasteiger partial charge in [0.1, 0.15) is 0 Å². The summed E-state index contributed by atoms with van der Waals surface area (Å²) in [5.74, 6) is 0.635. The maximum Gasteiger partial charge on any atom is 0.213 e. The highest BCUT2D eigenvalue weighted by atomic mass is 16.5. The summed E-state index contributed by atoms with van der Waals surface area (Å²) in [5.41, 5.74) is 3.69. The first-order valence-corrected chi connectivity index (χ1v) is 7.12. The number of ether oxygens (including phenoxy) is 1. The zero-order valence-corrected chi connectivity index (χ0v) is 12.4. The molecule has 0 spiro atoms. The Bertz CT molecular complexity index is 520. The summed E-state index contributed by atoms with van der Waals surface area (Å²) in [6.07, 6.45) is 3.91. The summed E-state index contributed by atoms with van der Waals surface area (Å²) in [4.78, 5) is 4.22. The van der Waals surface area contributed by atoms with E-state index in [1.54, 1.807) is 7.11 Å². The number of pyridine rings is 1. The Morgan fingerprint density at radius 1 is 1.10 bits per heavy atom. The molecular weight excluding hydrogens is 248 g/mol. The third kappa shape index (κ3) is 3.50. The van der Waals surface area contributed by atoms with Crippen LogP contribution < -0.4 is 10.1 Å². The number of aromatic nitrogens is 1. The van der Waals surface area contributed by atoms with Crippen molar-refractivity contribution >= 4 is 5.69 Å². The fourth-order valence-electron chi connectivity index (χ4n) is 2.19. The molecule has 2 aromatic rings. The number of anilines is 1. The van der Waals surface area contributed by atoms with Gasteiger partial charge < -0.3 is 10.1 Å². The molecule has 1 N–H and O–H groups in total. The summed E-state index contributed by atoms with van der Waals surface area (Å²) in [5, 5.41) is 3.52. The normalized spacial score (nSPS) is 11.9. The monoisotopic (exact) mass is 270 g/mol. The highest BCUT2D eigenvalue weighted by Gasteiger charge is 2.09. The molecule has 0 bridgehead atoms. The standard InChI is InChI=1S/C17H22N2O/c1-4-13-6-8-14(9-7-13)16(5-2)19-15-10-11-17(20-3)18-12-15/h6-12,16,19H,4-5H2,1-3H3. The summed E-state index contributed by atoms with van der Waals surface area (Å²) in [6.45, 7) is 4.36. The van der Waals surface area contributed by atoms with Gasteiger partial charge in [0, 0.05) is 6.07 Å². The van der Waals surface area contributed by atoms with E-state index in [0.29, 0.717) is 11.9 Å². The summed E-state index contributed by atoms with van der Waals surface area (Å²) >= 11 is 0. The van der Waals surface area contributed by atoms with Crippen LogP contribution in [0.15, 0.2) is 42.6 Å². The van der Waals surface area contributed by atoms with Gasteiger partial charge in [0.2, 0.25) is 5.88 Å². The van der Waals surface area contributed by atoms with Crippen molar-refractivity contribution in [1.82, 2.24) is 4.98 Å². The molecule has 0 fully saturated rings. The van der Waals surface area contributed by atoms with Gasteiger partial charge in [0.25, 0.3) is 0 Å². The first kappa shape index (κ1) is 14.4. The van der Waals surface area contributed by atoms with Gasteiger partial charge in [-0.1, -0.05) is 38.1 Å². The van der Waals surface area contributed by atoms with Gasteiger partial charge in [-0.25, -0.2) is 4.98 Å². The lowest BCUT2D eigenvalue weighted by molar-refractivity contribution is 0.398. The SMILES string of the molecule is CCc1ccc(C(CC)Nc2ccc(OC)nc2)cc1. The molecule has 0 amide bonds. The number of hydrogen-bond donors (Lipinski definition) is 1. The highest BCUT2D eigenvalue weighted by Crippen LogP contribution is 2.23. The minimum Gasteiger partial charge on any atom is -0.481 e. The van der Waals surface area contributed by atoms with Crippen molar-refractivity contribution in [3.05, 3.63) is 53.7 Å². The van der Waals surface area contributed by atoms with Crippen LogP contribution in [0.25, 0.3) is 0 Å². The minimum absolute atomic E-state index is 0.302. The van der Waals surface area contributed by atoms with Crippen molar-refractivity contribution in [3.8, 4) is 5.88 Å². The zero-order valence-electron chi connectivity index (χ0n) is 12.4. The molecule has 0 radical (unpaired) electrons. The lowest BCUT2D eigenvalue weighted by atomic mass is 10.0. The molecule has 106 valence electrons. The predicted octanol–water partition coefficient (Wildman–Crippen LogP) is 4.22. The number of methoxy groups -OCH3 is 1. The molecule has 3 heteroatoms. The molecule has 0 saturated carbocycles. The summed E-state index contributed by atoms with van der Waals surface area (Å²) in [7, 11) is 1.62. The van der Waals surface area contributed by atoms with E-state index in [1.807, 2.05) is 18.3 Å². The number of rotatable bonds is 6. The van der Waals surface area contributed by atoms with E-state index in [4.69, 9.17) is 4.74 Å². The van der Waals surface area contributed by atoms with Crippen molar-refractivity contribution in [3.63, 3.8) is 0 Å². The van der Waals surface area contributed by atoms with Gasteiger partial charge in [-0.2, -0.15) is 0 Å². The van der Waals surface area contributed by atoms with Crippen LogP contribution in [0.3, 0.4) is 0 Å². The van der Waals surface area contributed by atoms with Crippen molar-refractivity contribution in [2.45, 2.75) is 32.7 Å². The fraction of sp³-hybridized carbons (Fsp3) is 0.353. The highest BCUT2D eigenvalue weighted by molar-refractivity contribution is 5.45. The van der Waals surface area contributed by atoms with Crippen molar-refractivity contribution in [2.75, 3.05) is 12.4 Å².